The average Bonchev–Trinajstić information content (AvgIpc) is 2.97. The Labute approximate surface area is 120 Å². The highest BCUT2D eigenvalue weighted by molar-refractivity contribution is 5.85. The molecule has 0 unspecified atom stereocenters. The van der Waals surface area contributed by atoms with Crippen LogP contribution in [-0.4, -0.2) is 27.7 Å². The monoisotopic (exact) mass is 284 g/mol. The minimum Gasteiger partial charge on any atom is -0.351 e. The van der Waals surface area contributed by atoms with Crippen LogP contribution in [0.2, 0.25) is 0 Å². The SMILES string of the molecule is NC(=O)N1C=CC(c2cn[nH]c2-c2ccc(F)cc2)=CC1. The second-order valence-electron chi connectivity index (χ2n) is 4.63. The number of amides is 2. The fourth-order valence-electron chi connectivity index (χ4n) is 2.20. The van der Waals surface area contributed by atoms with E-state index in [1.165, 1.54) is 17.0 Å². The van der Waals surface area contributed by atoms with Crippen LogP contribution in [-0.2, 0) is 0 Å². The number of allylic oxidation sites excluding steroid dienone is 2. The van der Waals surface area contributed by atoms with E-state index in [0.717, 1.165) is 22.4 Å². The normalized spacial score (nSPS) is 14.1. The van der Waals surface area contributed by atoms with Crippen LogP contribution < -0.4 is 5.73 Å². The Bertz CT molecular complexity index is 730. The number of H-pyrrole nitrogens is 1. The molecule has 1 aromatic carbocycles. The fraction of sp³-hybridized carbons (Fsp3) is 0.0667. The highest BCUT2D eigenvalue weighted by Crippen LogP contribution is 2.29. The van der Waals surface area contributed by atoms with Crippen LogP contribution >= 0.6 is 0 Å². The largest absolute Gasteiger partial charge is 0.351 e. The summed E-state index contributed by atoms with van der Waals surface area (Å²) >= 11 is 0. The Hall–Kier alpha value is -2.89. The maximum absolute atomic E-state index is 13.0. The summed E-state index contributed by atoms with van der Waals surface area (Å²) in [5.41, 5.74) is 8.69. The van der Waals surface area contributed by atoms with Crippen molar-refractivity contribution >= 4 is 11.6 Å². The number of carbonyl (C=O) groups is 1. The van der Waals surface area contributed by atoms with Crippen molar-refractivity contribution < 1.29 is 9.18 Å². The molecule has 21 heavy (non-hydrogen) atoms. The van der Waals surface area contributed by atoms with E-state index in [4.69, 9.17) is 5.73 Å². The molecule has 1 aliphatic heterocycles. The molecule has 3 rings (SSSR count). The van der Waals surface area contributed by atoms with Gasteiger partial charge in [0, 0.05) is 23.9 Å². The molecule has 6 heteroatoms. The van der Waals surface area contributed by atoms with E-state index in [9.17, 15) is 9.18 Å². The van der Waals surface area contributed by atoms with E-state index in [-0.39, 0.29) is 5.82 Å². The summed E-state index contributed by atoms with van der Waals surface area (Å²) in [5, 5.41) is 6.97. The molecule has 0 saturated heterocycles. The Balaban J connectivity index is 1.92. The lowest BCUT2D eigenvalue weighted by atomic mass is 10.0. The van der Waals surface area contributed by atoms with Gasteiger partial charge >= 0.3 is 6.03 Å². The Morgan fingerprint density at radius 1 is 1.33 bits per heavy atom. The van der Waals surface area contributed by atoms with Crippen molar-refractivity contribution in [2.24, 2.45) is 5.73 Å². The molecule has 0 atom stereocenters. The number of rotatable bonds is 2. The molecule has 2 heterocycles. The smallest absolute Gasteiger partial charge is 0.319 e. The zero-order valence-corrected chi connectivity index (χ0v) is 11.1. The van der Waals surface area contributed by atoms with Gasteiger partial charge in [0.1, 0.15) is 5.82 Å². The second kappa shape index (κ2) is 5.24. The van der Waals surface area contributed by atoms with Crippen LogP contribution in [0.5, 0.6) is 0 Å². The van der Waals surface area contributed by atoms with Crippen molar-refractivity contribution in [1.29, 1.82) is 0 Å². The lowest BCUT2D eigenvalue weighted by molar-refractivity contribution is 0.228. The van der Waals surface area contributed by atoms with Gasteiger partial charge in [0.2, 0.25) is 0 Å². The highest BCUT2D eigenvalue weighted by atomic mass is 19.1. The van der Waals surface area contributed by atoms with E-state index in [1.807, 2.05) is 6.08 Å². The maximum atomic E-state index is 13.0. The molecular weight excluding hydrogens is 271 g/mol. The van der Waals surface area contributed by atoms with Crippen molar-refractivity contribution in [3.63, 3.8) is 0 Å². The lowest BCUT2D eigenvalue weighted by Gasteiger charge is -2.18. The van der Waals surface area contributed by atoms with Crippen LogP contribution in [0.15, 0.2) is 48.8 Å². The van der Waals surface area contributed by atoms with Crippen molar-refractivity contribution in [1.82, 2.24) is 15.1 Å². The van der Waals surface area contributed by atoms with Crippen molar-refractivity contribution in [2.45, 2.75) is 0 Å². The number of aromatic amines is 1. The first kappa shape index (κ1) is 13.1. The number of halogens is 1. The zero-order valence-electron chi connectivity index (χ0n) is 11.1. The standard InChI is InChI=1S/C15H13FN4O/c16-12-3-1-11(2-4-12)14-13(9-18-19-14)10-5-7-20(8-6-10)15(17)21/h1-7,9H,8H2,(H2,17,21)(H,18,19). The summed E-state index contributed by atoms with van der Waals surface area (Å²) in [4.78, 5) is 12.5. The summed E-state index contributed by atoms with van der Waals surface area (Å²) in [6, 6.07) is 5.69. The average molecular weight is 284 g/mol. The molecule has 2 amide bonds. The van der Waals surface area contributed by atoms with Crippen molar-refractivity contribution in [3.05, 3.63) is 60.2 Å². The van der Waals surface area contributed by atoms with Gasteiger partial charge in [-0.15, -0.1) is 0 Å². The van der Waals surface area contributed by atoms with Crippen LogP contribution in [0.1, 0.15) is 5.56 Å². The van der Waals surface area contributed by atoms with E-state index in [2.05, 4.69) is 10.2 Å². The summed E-state index contributed by atoms with van der Waals surface area (Å²) in [7, 11) is 0. The zero-order chi connectivity index (χ0) is 14.8. The minimum atomic E-state index is -0.493. The van der Waals surface area contributed by atoms with Gasteiger partial charge in [0.25, 0.3) is 0 Å². The Morgan fingerprint density at radius 3 is 2.71 bits per heavy atom. The summed E-state index contributed by atoms with van der Waals surface area (Å²) < 4.78 is 13.0. The number of nitrogens with one attached hydrogen (secondary N) is 1. The number of nitrogens with two attached hydrogens (primary N) is 1. The molecular formula is C15H13FN4O. The van der Waals surface area contributed by atoms with Gasteiger partial charge in [-0.25, -0.2) is 9.18 Å². The number of carbonyl (C=O) groups excluding carboxylic acids is 1. The van der Waals surface area contributed by atoms with Gasteiger partial charge in [-0.1, -0.05) is 6.08 Å². The van der Waals surface area contributed by atoms with Crippen LogP contribution in [0.25, 0.3) is 16.8 Å². The molecule has 2 aromatic rings. The maximum Gasteiger partial charge on any atom is 0.319 e. The van der Waals surface area contributed by atoms with Gasteiger partial charge in [-0.3, -0.25) is 10.00 Å². The minimum absolute atomic E-state index is 0.284. The molecule has 0 radical (unpaired) electrons. The molecule has 0 fully saturated rings. The summed E-state index contributed by atoms with van der Waals surface area (Å²) in [6.07, 6.45) is 7.03. The number of hydrogen-bond donors (Lipinski definition) is 2. The van der Waals surface area contributed by atoms with Crippen molar-refractivity contribution in [2.75, 3.05) is 6.54 Å². The molecule has 0 spiro atoms. The van der Waals surface area contributed by atoms with Crippen LogP contribution in [0, 0.1) is 5.82 Å². The Morgan fingerprint density at radius 2 is 2.10 bits per heavy atom. The molecule has 0 bridgehead atoms. The third-order valence-corrected chi connectivity index (χ3v) is 3.31. The molecule has 0 aliphatic carbocycles. The summed E-state index contributed by atoms with van der Waals surface area (Å²) in [5.74, 6) is -0.284. The number of aromatic nitrogens is 2. The third-order valence-electron chi connectivity index (χ3n) is 3.31. The fourth-order valence-corrected chi connectivity index (χ4v) is 2.20. The first-order valence-electron chi connectivity index (χ1n) is 6.39. The predicted octanol–water partition coefficient (Wildman–Crippen LogP) is 2.51. The predicted molar refractivity (Wildman–Crippen MR) is 77.4 cm³/mol. The topological polar surface area (TPSA) is 75.0 Å². The highest BCUT2D eigenvalue weighted by Gasteiger charge is 2.15. The molecule has 1 aliphatic rings. The lowest BCUT2D eigenvalue weighted by Crippen LogP contribution is -2.32. The molecule has 5 nitrogen and oxygen atoms in total. The molecule has 106 valence electrons. The molecule has 1 aromatic heterocycles. The van der Waals surface area contributed by atoms with Gasteiger partial charge < -0.3 is 5.73 Å². The van der Waals surface area contributed by atoms with E-state index >= 15 is 0 Å². The Kier molecular flexibility index (Phi) is 3.27. The van der Waals surface area contributed by atoms with E-state index < -0.39 is 6.03 Å². The van der Waals surface area contributed by atoms with Crippen LogP contribution in [0.3, 0.4) is 0 Å². The molecule has 0 saturated carbocycles. The first-order valence-corrected chi connectivity index (χ1v) is 6.39. The van der Waals surface area contributed by atoms with Crippen molar-refractivity contribution in [3.8, 4) is 11.3 Å². The van der Waals surface area contributed by atoms with Gasteiger partial charge in [0.15, 0.2) is 0 Å². The van der Waals surface area contributed by atoms with E-state index in [0.29, 0.717) is 6.54 Å². The number of benzene rings is 1. The number of primary amides is 1. The second-order valence-corrected chi connectivity index (χ2v) is 4.63. The molecule has 3 N–H and O–H groups in total. The summed E-state index contributed by atoms with van der Waals surface area (Å²) in [6.45, 7) is 0.412. The number of nitrogens with zero attached hydrogens (tertiary/aromatic N) is 2. The van der Waals surface area contributed by atoms with Gasteiger partial charge in [-0.2, -0.15) is 5.10 Å². The number of urea groups is 1. The number of hydrogen-bond acceptors (Lipinski definition) is 2. The van der Waals surface area contributed by atoms with E-state index in [1.54, 1.807) is 30.6 Å². The van der Waals surface area contributed by atoms with Gasteiger partial charge in [-0.05, 0) is 35.9 Å². The first-order chi connectivity index (χ1) is 10.1. The quantitative estimate of drug-likeness (QED) is 0.889. The van der Waals surface area contributed by atoms with Gasteiger partial charge in [0.05, 0.1) is 11.9 Å². The third kappa shape index (κ3) is 2.55. The van der Waals surface area contributed by atoms with Crippen LogP contribution in [0.4, 0.5) is 9.18 Å².